The summed E-state index contributed by atoms with van der Waals surface area (Å²) in [7, 11) is 0. The zero-order valence-electron chi connectivity index (χ0n) is 10.8. The summed E-state index contributed by atoms with van der Waals surface area (Å²) in [5.41, 5.74) is 1.17. The van der Waals surface area contributed by atoms with E-state index in [0.717, 1.165) is 5.56 Å². The molecule has 0 aliphatic heterocycles. The van der Waals surface area contributed by atoms with Crippen molar-refractivity contribution in [3.63, 3.8) is 0 Å². The molecule has 0 saturated heterocycles. The van der Waals surface area contributed by atoms with E-state index in [9.17, 15) is 22.8 Å². The molecule has 0 aliphatic carbocycles. The van der Waals surface area contributed by atoms with E-state index in [-0.39, 0.29) is 11.3 Å². The van der Waals surface area contributed by atoms with Crippen molar-refractivity contribution in [1.82, 2.24) is 10.3 Å². The van der Waals surface area contributed by atoms with Gasteiger partial charge in [0.05, 0.1) is 0 Å². The van der Waals surface area contributed by atoms with Crippen molar-refractivity contribution in [3.8, 4) is 0 Å². The molecule has 0 unspecified atom stereocenters. The minimum atomic E-state index is -5.01. The minimum Gasteiger partial charge on any atom is -0.477 e. The molecule has 5 nitrogen and oxygen atoms in total. The molecule has 3 N–H and O–H groups in total. The van der Waals surface area contributed by atoms with Crippen LogP contribution in [0.4, 0.5) is 13.2 Å². The number of aromatic nitrogens is 1. The number of carboxylic acid groups (broad SMARTS) is 1. The molecule has 0 atom stereocenters. The molecule has 1 aromatic heterocycles. The zero-order valence-corrected chi connectivity index (χ0v) is 10.8. The van der Waals surface area contributed by atoms with E-state index in [0.29, 0.717) is 10.9 Å². The second kappa shape index (κ2) is 5.12. The number of fused-ring (bicyclic) bond motifs is 1. The van der Waals surface area contributed by atoms with Gasteiger partial charge >= 0.3 is 18.1 Å². The molecule has 21 heavy (non-hydrogen) atoms. The molecule has 1 aromatic carbocycles. The maximum atomic E-state index is 12.2. The number of hydrogen-bond donors (Lipinski definition) is 3. The third-order valence-corrected chi connectivity index (χ3v) is 2.96. The van der Waals surface area contributed by atoms with Crippen LogP contribution in [0.5, 0.6) is 0 Å². The Hall–Kier alpha value is -2.51. The number of aromatic amines is 1. The lowest BCUT2D eigenvalue weighted by Gasteiger charge is -2.08. The van der Waals surface area contributed by atoms with E-state index in [2.05, 4.69) is 4.98 Å². The smallest absolute Gasteiger partial charge is 0.471 e. The van der Waals surface area contributed by atoms with Crippen LogP contribution < -0.4 is 5.32 Å². The van der Waals surface area contributed by atoms with Gasteiger partial charge in [-0.1, -0.05) is 11.6 Å². The molecule has 0 spiro atoms. The third-order valence-electron chi connectivity index (χ3n) is 2.96. The molecule has 1 heterocycles. The highest BCUT2D eigenvalue weighted by molar-refractivity contribution is 5.98. The molecule has 2 aromatic rings. The fourth-order valence-electron chi connectivity index (χ4n) is 2.00. The lowest BCUT2D eigenvalue weighted by atomic mass is 10.1. The van der Waals surface area contributed by atoms with Crippen LogP contribution in [0.15, 0.2) is 18.2 Å². The second-order valence-corrected chi connectivity index (χ2v) is 4.51. The monoisotopic (exact) mass is 300 g/mol. The molecule has 0 radical (unpaired) electrons. The number of aromatic carboxylic acids is 1. The quantitative estimate of drug-likeness (QED) is 0.813. The van der Waals surface area contributed by atoms with Crippen LogP contribution in [0.3, 0.4) is 0 Å². The largest absolute Gasteiger partial charge is 0.477 e. The van der Waals surface area contributed by atoms with E-state index >= 15 is 0 Å². The second-order valence-electron chi connectivity index (χ2n) is 4.51. The average molecular weight is 300 g/mol. The van der Waals surface area contributed by atoms with E-state index in [4.69, 9.17) is 5.11 Å². The van der Waals surface area contributed by atoms with Gasteiger partial charge in [-0.05, 0) is 19.1 Å². The number of alkyl halides is 3. The number of hydrogen-bond acceptors (Lipinski definition) is 2. The first-order valence-electron chi connectivity index (χ1n) is 5.89. The van der Waals surface area contributed by atoms with Gasteiger partial charge in [-0.25, -0.2) is 4.79 Å². The van der Waals surface area contributed by atoms with Gasteiger partial charge in [0.25, 0.3) is 0 Å². The summed E-state index contributed by atoms with van der Waals surface area (Å²) in [6.45, 7) is 1.24. The summed E-state index contributed by atoms with van der Waals surface area (Å²) in [4.78, 5) is 24.6. The van der Waals surface area contributed by atoms with Crippen LogP contribution >= 0.6 is 0 Å². The van der Waals surface area contributed by atoms with Crippen LogP contribution in [0.1, 0.15) is 21.6 Å². The molecule has 2 rings (SSSR count). The Balaban J connectivity index is 2.41. The number of carbonyl (C=O) groups excluding carboxylic acids is 1. The van der Waals surface area contributed by atoms with Gasteiger partial charge in [-0.3, -0.25) is 4.79 Å². The number of carboxylic acids is 1. The van der Waals surface area contributed by atoms with Crippen LogP contribution in [0, 0.1) is 6.92 Å². The van der Waals surface area contributed by atoms with Gasteiger partial charge in [0, 0.05) is 23.0 Å². The predicted molar refractivity (Wildman–Crippen MR) is 67.9 cm³/mol. The molecule has 0 bridgehead atoms. The van der Waals surface area contributed by atoms with Crippen LogP contribution in [0.2, 0.25) is 0 Å². The Kier molecular flexibility index (Phi) is 3.63. The number of carbonyl (C=O) groups is 2. The number of nitrogens with one attached hydrogen (secondary N) is 2. The van der Waals surface area contributed by atoms with Crippen molar-refractivity contribution in [2.24, 2.45) is 0 Å². The first-order chi connectivity index (χ1) is 9.70. The minimum absolute atomic E-state index is 0.110. The molecular weight excluding hydrogens is 289 g/mol. The van der Waals surface area contributed by atoms with Gasteiger partial charge in [0.2, 0.25) is 0 Å². The van der Waals surface area contributed by atoms with Gasteiger partial charge in [0.15, 0.2) is 0 Å². The predicted octanol–water partition coefficient (Wildman–Crippen LogP) is 2.35. The molecule has 8 heteroatoms. The molecule has 0 aliphatic rings. The number of amides is 1. The fourth-order valence-corrected chi connectivity index (χ4v) is 2.00. The Morgan fingerprint density at radius 3 is 2.57 bits per heavy atom. The fraction of sp³-hybridized carbons (Fsp3) is 0.231. The highest BCUT2D eigenvalue weighted by Crippen LogP contribution is 2.24. The number of rotatable bonds is 3. The van der Waals surface area contributed by atoms with E-state index in [1.165, 1.54) is 0 Å². The van der Waals surface area contributed by atoms with Gasteiger partial charge in [0.1, 0.15) is 5.69 Å². The summed E-state index contributed by atoms with van der Waals surface area (Å²) in [6, 6.07) is 5.02. The van der Waals surface area contributed by atoms with Crippen LogP contribution in [0.25, 0.3) is 10.9 Å². The number of H-pyrrole nitrogens is 1. The van der Waals surface area contributed by atoms with Gasteiger partial charge in [-0.15, -0.1) is 0 Å². The summed E-state index contributed by atoms with van der Waals surface area (Å²) in [6.07, 6.45) is -5.01. The van der Waals surface area contributed by atoms with Crippen molar-refractivity contribution >= 4 is 22.8 Å². The normalized spacial score (nSPS) is 11.6. The highest BCUT2D eigenvalue weighted by Gasteiger charge is 2.38. The number of aryl methyl sites for hydroxylation is 1. The Morgan fingerprint density at radius 2 is 2.00 bits per heavy atom. The topological polar surface area (TPSA) is 82.2 Å². The summed E-state index contributed by atoms with van der Waals surface area (Å²) < 4.78 is 36.5. The molecule has 0 fully saturated rings. The summed E-state index contributed by atoms with van der Waals surface area (Å²) in [5.74, 6) is -3.42. The van der Waals surface area contributed by atoms with Crippen molar-refractivity contribution in [2.75, 3.05) is 0 Å². The standard InChI is InChI=1S/C13H11F3N2O3/c1-6-2-3-9-7(4-6)8(10(18-9)11(19)20)5-17-12(21)13(14,15)16/h2-4,18H,5H2,1H3,(H,17,21)(H,19,20). The van der Waals surface area contributed by atoms with E-state index < -0.39 is 24.6 Å². The Bertz CT molecular complexity index is 719. The highest BCUT2D eigenvalue weighted by atomic mass is 19.4. The number of benzene rings is 1. The molecule has 0 saturated carbocycles. The zero-order chi connectivity index (χ0) is 15.8. The van der Waals surface area contributed by atoms with Gasteiger partial charge < -0.3 is 15.4 Å². The lowest BCUT2D eigenvalue weighted by Crippen LogP contribution is -2.36. The van der Waals surface area contributed by atoms with Crippen LogP contribution in [-0.2, 0) is 11.3 Å². The molecular formula is C13H11F3N2O3. The first-order valence-corrected chi connectivity index (χ1v) is 5.89. The average Bonchev–Trinajstić information content (AvgIpc) is 2.72. The number of halogens is 3. The molecule has 1 amide bonds. The SMILES string of the molecule is Cc1ccc2[nH]c(C(=O)O)c(CNC(=O)C(F)(F)F)c2c1. The lowest BCUT2D eigenvalue weighted by molar-refractivity contribution is -0.173. The third kappa shape index (κ3) is 2.99. The Morgan fingerprint density at radius 1 is 1.33 bits per heavy atom. The van der Waals surface area contributed by atoms with Crippen molar-refractivity contribution in [1.29, 1.82) is 0 Å². The summed E-state index contributed by atoms with van der Waals surface area (Å²) in [5, 5.41) is 11.2. The van der Waals surface area contributed by atoms with E-state index in [1.54, 1.807) is 30.4 Å². The summed E-state index contributed by atoms with van der Waals surface area (Å²) >= 11 is 0. The van der Waals surface area contributed by atoms with E-state index in [1.807, 2.05) is 0 Å². The van der Waals surface area contributed by atoms with Crippen LogP contribution in [-0.4, -0.2) is 28.1 Å². The molecule has 112 valence electrons. The first kappa shape index (κ1) is 14.9. The van der Waals surface area contributed by atoms with Crippen molar-refractivity contribution < 1.29 is 27.9 Å². The van der Waals surface area contributed by atoms with Gasteiger partial charge in [-0.2, -0.15) is 13.2 Å². The van der Waals surface area contributed by atoms with Crippen molar-refractivity contribution in [3.05, 3.63) is 35.0 Å². The Labute approximate surface area is 116 Å². The maximum Gasteiger partial charge on any atom is 0.471 e. The maximum absolute atomic E-state index is 12.2. The van der Waals surface area contributed by atoms with Crippen molar-refractivity contribution in [2.45, 2.75) is 19.6 Å².